The van der Waals surface area contributed by atoms with E-state index < -0.39 is 5.92 Å². The highest BCUT2D eigenvalue weighted by Gasteiger charge is 2.34. The molecule has 0 radical (unpaired) electrons. The van der Waals surface area contributed by atoms with Gasteiger partial charge >= 0.3 is 0 Å². The molecule has 1 aliphatic heterocycles. The van der Waals surface area contributed by atoms with Crippen molar-refractivity contribution < 1.29 is 9.59 Å². The molecule has 3 unspecified atom stereocenters. The summed E-state index contributed by atoms with van der Waals surface area (Å²) in [5.41, 5.74) is 0.628. The van der Waals surface area contributed by atoms with Crippen LogP contribution in [0, 0.1) is 11.8 Å². The first-order valence-corrected chi connectivity index (χ1v) is 6.92. The second-order valence-corrected chi connectivity index (χ2v) is 5.51. The molecule has 3 heteroatoms. The molecule has 1 aromatic rings. The van der Waals surface area contributed by atoms with Crippen LogP contribution in [0.2, 0.25) is 0 Å². The summed E-state index contributed by atoms with van der Waals surface area (Å²) in [6.45, 7) is 4.59. The SMILES string of the molecule is CC(=O)C(C(=O)c1ccccc1)C1CC(C)CCN1. The molecule has 0 saturated carbocycles. The Morgan fingerprint density at radius 1 is 1.26 bits per heavy atom. The topological polar surface area (TPSA) is 46.2 Å². The van der Waals surface area contributed by atoms with Gasteiger partial charge in [-0.3, -0.25) is 9.59 Å². The van der Waals surface area contributed by atoms with Crippen molar-refractivity contribution in [2.45, 2.75) is 32.7 Å². The molecule has 1 N–H and O–H groups in total. The van der Waals surface area contributed by atoms with Gasteiger partial charge in [0.05, 0.1) is 5.92 Å². The van der Waals surface area contributed by atoms with Crippen LogP contribution in [-0.2, 0) is 4.79 Å². The molecule has 3 atom stereocenters. The number of hydrogen-bond acceptors (Lipinski definition) is 3. The van der Waals surface area contributed by atoms with Crippen LogP contribution >= 0.6 is 0 Å². The highest BCUT2D eigenvalue weighted by Crippen LogP contribution is 2.24. The zero-order valence-electron chi connectivity index (χ0n) is 11.6. The van der Waals surface area contributed by atoms with E-state index in [1.165, 1.54) is 6.92 Å². The van der Waals surface area contributed by atoms with Crippen LogP contribution in [0.15, 0.2) is 30.3 Å². The molecule has 19 heavy (non-hydrogen) atoms. The molecule has 1 saturated heterocycles. The lowest BCUT2D eigenvalue weighted by Gasteiger charge is -2.32. The molecule has 1 aliphatic rings. The lowest BCUT2D eigenvalue weighted by Crippen LogP contribution is -2.48. The second kappa shape index (κ2) is 6.11. The van der Waals surface area contributed by atoms with E-state index in [1.807, 2.05) is 18.2 Å². The molecule has 0 amide bonds. The zero-order valence-corrected chi connectivity index (χ0v) is 11.6. The molecule has 1 fully saturated rings. The van der Waals surface area contributed by atoms with Gasteiger partial charge in [-0.1, -0.05) is 37.3 Å². The molecule has 0 aromatic heterocycles. The number of nitrogens with one attached hydrogen (secondary N) is 1. The van der Waals surface area contributed by atoms with Gasteiger partial charge in [0.25, 0.3) is 0 Å². The molecule has 3 nitrogen and oxygen atoms in total. The maximum Gasteiger partial charge on any atom is 0.174 e. The quantitative estimate of drug-likeness (QED) is 0.667. The van der Waals surface area contributed by atoms with Crippen LogP contribution in [0.25, 0.3) is 0 Å². The highest BCUT2D eigenvalue weighted by atomic mass is 16.1. The third-order valence-corrected chi connectivity index (χ3v) is 3.88. The van der Waals surface area contributed by atoms with Crippen molar-refractivity contribution in [2.75, 3.05) is 6.54 Å². The average Bonchev–Trinajstić information content (AvgIpc) is 2.39. The largest absolute Gasteiger partial charge is 0.313 e. The molecule has 0 aliphatic carbocycles. The number of carbonyl (C=O) groups is 2. The number of Topliss-reactive ketones (excluding diaryl/α,β-unsaturated/α-hetero) is 2. The molecule has 102 valence electrons. The van der Waals surface area contributed by atoms with E-state index in [9.17, 15) is 9.59 Å². The van der Waals surface area contributed by atoms with E-state index in [4.69, 9.17) is 0 Å². The summed E-state index contributed by atoms with van der Waals surface area (Å²) in [5, 5.41) is 3.34. The summed E-state index contributed by atoms with van der Waals surface area (Å²) in [7, 11) is 0. The van der Waals surface area contributed by atoms with Gasteiger partial charge in [0.2, 0.25) is 0 Å². The third kappa shape index (κ3) is 3.29. The third-order valence-electron chi connectivity index (χ3n) is 3.88. The maximum absolute atomic E-state index is 12.5. The highest BCUT2D eigenvalue weighted by molar-refractivity contribution is 6.10. The molecule has 0 spiro atoms. The minimum atomic E-state index is -0.551. The fourth-order valence-corrected chi connectivity index (χ4v) is 2.84. The monoisotopic (exact) mass is 259 g/mol. The van der Waals surface area contributed by atoms with E-state index in [2.05, 4.69) is 12.2 Å². The smallest absolute Gasteiger partial charge is 0.174 e. The van der Waals surface area contributed by atoms with Gasteiger partial charge < -0.3 is 5.32 Å². The fourth-order valence-electron chi connectivity index (χ4n) is 2.84. The van der Waals surface area contributed by atoms with Gasteiger partial charge in [0, 0.05) is 11.6 Å². The Balaban J connectivity index is 2.20. The van der Waals surface area contributed by atoms with Crippen molar-refractivity contribution in [3.63, 3.8) is 0 Å². The summed E-state index contributed by atoms with van der Waals surface area (Å²) >= 11 is 0. The Morgan fingerprint density at radius 2 is 1.95 bits per heavy atom. The molecule has 0 bridgehead atoms. The zero-order chi connectivity index (χ0) is 13.8. The summed E-state index contributed by atoms with van der Waals surface area (Å²) in [4.78, 5) is 24.4. The van der Waals surface area contributed by atoms with Crippen molar-refractivity contribution in [1.82, 2.24) is 5.32 Å². The van der Waals surface area contributed by atoms with Crippen molar-refractivity contribution in [2.24, 2.45) is 11.8 Å². The molecular weight excluding hydrogens is 238 g/mol. The Labute approximate surface area is 114 Å². The minimum absolute atomic E-state index is 0.0195. The van der Waals surface area contributed by atoms with Gasteiger partial charge in [-0.2, -0.15) is 0 Å². The molecule has 1 heterocycles. The first kappa shape index (κ1) is 13.9. The van der Waals surface area contributed by atoms with Crippen LogP contribution in [0.4, 0.5) is 0 Å². The van der Waals surface area contributed by atoms with Crippen LogP contribution < -0.4 is 5.32 Å². The predicted molar refractivity (Wildman–Crippen MR) is 75.1 cm³/mol. The Kier molecular flexibility index (Phi) is 4.48. The standard InChI is InChI=1S/C16H21NO2/c1-11-8-9-17-14(10-11)15(12(2)18)16(19)13-6-4-3-5-7-13/h3-7,11,14-15,17H,8-10H2,1-2H3. The van der Waals surface area contributed by atoms with Crippen molar-refractivity contribution >= 4 is 11.6 Å². The van der Waals surface area contributed by atoms with Crippen LogP contribution in [-0.4, -0.2) is 24.2 Å². The second-order valence-electron chi connectivity index (χ2n) is 5.51. The van der Waals surface area contributed by atoms with Crippen molar-refractivity contribution in [1.29, 1.82) is 0 Å². The molecule has 2 rings (SSSR count). The number of rotatable bonds is 4. The van der Waals surface area contributed by atoms with Gasteiger partial charge in [-0.15, -0.1) is 0 Å². The number of benzene rings is 1. The Hall–Kier alpha value is -1.48. The maximum atomic E-state index is 12.5. The first-order valence-electron chi connectivity index (χ1n) is 6.92. The lowest BCUT2D eigenvalue weighted by atomic mass is 9.81. The lowest BCUT2D eigenvalue weighted by molar-refractivity contribution is -0.120. The van der Waals surface area contributed by atoms with Crippen molar-refractivity contribution in [3.8, 4) is 0 Å². The number of piperidine rings is 1. The van der Waals surface area contributed by atoms with Crippen LogP contribution in [0.5, 0.6) is 0 Å². The van der Waals surface area contributed by atoms with Crippen LogP contribution in [0.3, 0.4) is 0 Å². The van der Waals surface area contributed by atoms with Gasteiger partial charge in [0.15, 0.2) is 5.78 Å². The predicted octanol–water partition coefficient (Wildman–Crippen LogP) is 2.46. The van der Waals surface area contributed by atoms with E-state index >= 15 is 0 Å². The summed E-state index contributed by atoms with van der Waals surface area (Å²) in [6.07, 6.45) is 2.00. The normalized spacial score (nSPS) is 24.7. The molecule has 1 aromatic carbocycles. The summed E-state index contributed by atoms with van der Waals surface area (Å²) in [6, 6.07) is 9.09. The number of carbonyl (C=O) groups excluding carboxylic acids is 2. The van der Waals surface area contributed by atoms with Gasteiger partial charge in [-0.05, 0) is 32.2 Å². The number of ketones is 2. The first-order chi connectivity index (χ1) is 9.09. The van der Waals surface area contributed by atoms with Gasteiger partial charge in [-0.25, -0.2) is 0 Å². The average molecular weight is 259 g/mol. The fraction of sp³-hybridized carbons (Fsp3) is 0.500. The summed E-state index contributed by atoms with van der Waals surface area (Å²) in [5.74, 6) is -0.0815. The van der Waals surface area contributed by atoms with E-state index in [1.54, 1.807) is 12.1 Å². The Morgan fingerprint density at radius 3 is 2.53 bits per heavy atom. The van der Waals surface area contributed by atoms with E-state index in [-0.39, 0.29) is 17.6 Å². The Bertz CT molecular complexity index is 455. The number of hydrogen-bond donors (Lipinski definition) is 1. The van der Waals surface area contributed by atoms with Gasteiger partial charge in [0.1, 0.15) is 5.78 Å². The van der Waals surface area contributed by atoms with E-state index in [0.717, 1.165) is 19.4 Å². The van der Waals surface area contributed by atoms with Crippen molar-refractivity contribution in [3.05, 3.63) is 35.9 Å². The summed E-state index contributed by atoms with van der Waals surface area (Å²) < 4.78 is 0. The van der Waals surface area contributed by atoms with E-state index in [0.29, 0.717) is 11.5 Å². The minimum Gasteiger partial charge on any atom is -0.313 e. The molecular formula is C16H21NO2. The van der Waals surface area contributed by atoms with Crippen LogP contribution in [0.1, 0.15) is 37.0 Å².